The Labute approximate surface area is 874 Å². The van der Waals surface area contributed by atoms with Crippen LogP contribution in [-0.4, -0.2) is 58.6 Å². The second kappa shape index (κ2) is 37.7. The van der Waals surface area contributed by atoms with Crippen molar-refractivity contribution >= 4 is 160 Å². The lowest BCUT2D eigenvalue weighted by Crippen LogP contribution is -2.03. The standard InChI is InChI=1S/3C45H28N4S/c1-3-13-29(14-4-1)30-23-25-32(26-24-30)44-46-43(31-15-5-2-6-16-31)47-45(48-44)35-19-8-11-21-39(35)49-38-20-10-7-17-33(38)36-27-37-34-18-9-12-22-41(34)50-42(37)28-40(36)49;1-3-12-29(13-4-1)30-22-24-32(25-23-30)44-46-43(31-14-5-2-6-15-31)47-45(48-44)33-16-11-17-34(26-33)49-39-20-9-7-18-35(39)37-27-38-36-19-8-10-21-41(36)50-42(38)28-40(37)49;1-3-12-29(13-4-1)32-16-11-17-33(26-32)45-47-43(30-14-5-2-6-15-30)46-44(48-45)31-22-24-34(25-23-31)49-39-20-9-7-18-35(39)37-27-38-36-19-8-10-21-41(36)50-42(38)28-40(37)49/h3*1-28H. The number of hydrogen-bond donors (Lipinski definition) is 0. The normalized spacial score (nSPS) is 11.6. The summed E-state index contributed by atoms with van der Waals surface area (Å²) in [6, 6.07) is 179. The van der Waals surface area contributed by atoms with Crippen molar-refractivity contribution in [3.8, 4) is 153 Å². The molecular weight excluding hydrogens is 1890 g/mol. The van der Waals surface area contributed by atoms with Gasteiger partial charge >= 0.3 is 0 Å². The van der Waals surface area contributed by atoms with E-state index in [0.717, 1.165) is 100 Å². The largest absolute Gasteiger partial charge is 0.309 e. The fraction of sp³-hybridized carbons (Fsp3) is 0. The van der Waals surface area contributed by atoms with Gasteiger partial charge in [0.25, 0.3) is 0 Å². The summed E-state index contributed by atoms with van der Waals surface area (Å²) in [6.45, 7) is 0. The molecule has 21 aromatic carbocycles. The molecule has 30 aromatic rings. The molecule has 30 rings (SSSR count). The molecule has 9 aromatic heterocycles. The molecule has 0 atom stereocenters. The minimum Gasteiger partial charge on any atom is -0.309 e. The van der Waals surface area contributed by atoms with Crippen molar-refractivity contribution in [2.24, 2.45) is 0 Å². The molecule has 12 nitrogen and oxygen atoms in total. The fourth-order valence-corrected chi connectivity index (χ4v) is 24.5. The van der Waals surface area contributed by atoms with Crippen molar-refractivity contribution < 1.29 is 0 Å². The summed E-state index contributed by atoms with van der Waals surface area (Å²) in [5, 5.41) is 15.3. The van der Waals surface area contributed by atoms with Gasteiger partial charge in [-0.25, -0.2) is 44.9 Å². The topological polar surface area (TPSA) is 131 Å². The molecule has 702 valence electrons. The van der Waals surface area contributed by atoms with E-state index in [1.165, 1.54) is 126 Å². The second-order valence-corrected chi connectivity index (χ2v) is 40.7. The van der Waals surface area contributed by atoms with Gasteiger partial charge in [0.05, 0.1) is 38.8 Å². The van der Waals surface area contributed by atoms with Crippen LogP contribution < -0.4 is 0 Å². The van der Waals surface area contributed by atoms with E-state index >= 15 is 0 Å². The van der Waals surface area contributed by atoms with Crippen LogP contribution in [0.4, 0.5) is 0 Å². The Bertz CT molecular complexity index is 10500. The molecule has 0 amide bonds. The smallest absolute Gasteiger partial charge is 0.166 e. The highest BCUT2D eigenvalue weighted by molar-refractivity contribution is 7.26. The molecule has 0 saturated carbocycles. The van der Waals surface area contributed by atoms with E-state index in [1.54, 1.807) is 0 Å². The number of nitrogens with zero attached hydrogens (tertiary/aromatic N) is 12. The predicted octanol–water partition coefficient (Wildman–Crippen LogP) is 36.0. The Hall–Kier alpha value is -19.3. The molecule has 0 bridgehead atoms. The highest BCUT2D eigenvalue weighted by Crippen LogP contribution is 2.48. The Morgan fingerprint density at radius 2 is 0.380 bits per heavy atom. The zero-order valence-corrected chi connectivity index (χ0v) is 83.0. The van der Waals surface area contributed by atoms with Crippen LogP contribution in [-0.2, 0) is 0 Å². The van der Waals surface area contributed by atoms with Crippen molar-refractivity contribution in [1.82, 2.24) is 58.6 Å². The van der Waals surface area contributed by atoms with Crippen LogP contribution in [0.15, 0.2) is 510 Å². The summed E-state index contributed by atoms with van der Waals surface area (Å²) in [6.07, 6.45) is 0. The van der Waals surface area contributed by atoms with E-state index in [4.69, 9.17) is 44.9 Å². The first-order valence-electron chi connectivity index (χ1n) is 50.1. The van der Waals surface area contributed by atoms with Crippen molar-refractivity contribution in [3.05, 3.63) is 510 Å². The fourth-order valence-electron chi connectivity index (χ4n) is 21.2. The van der Waals surface area contributed by atoms with Crippen molar-refractivity contribution in [2.75, 3.05) is 0 Å². The number of thiophene rings is 3. The first-order valence-corrected chi connectivity index (χ1v) is 52.5. The third-order valence-electron chi connectivity index (χ3n) is 28.4. The molecule has 0 aliphatic heterocycles. The molecular formula is C135H84N12S3. The molecule has 0 fully saturated rings. The first-order chi connectivity index (χ1) is 74.3. The lowest BCUT2D eigenvalue weighted by atomic mass is 10.0. The maximum Gasteiger partial charge on any atom is 0.166 e. The van der Waals surface area contributed by atoms with Crippen molar-refractivity contribution in [1.29, 1.82) is 0 Å². The molecule has 15 heteroatoms. The molecule has 0 unspecified atom stereocenters. The highest BCUT2D eigenvalue weighted by Gasteiger charge is 2.26. The Balaban J connectivity index is 0.000000108. The van der Waals surface area contributed by atoms with Crippen LogP contribution >= 0.6 is 34.0 Å². The van der Waals surface area contributed by atoms with E-state index in [-0.39, 0.29) is 0 Å². The molecule has 0 aliphatic rings. The lowest BCUT2D eigenvalue weighted by Gasteiger charge is -2.14. The molecule has 150 heavy (non-hydrogen) atoms. The average molecular weight is 1970 g/mol. The molecule has 0 aliphatic carbocycles. The number of para-hydroxylation sites is 4. The molecule has 0 spiro atoms. The van der Waals surface area contributed by atoms with Gasteiger partial charge in [-0.1, -0.05) is 382 Å². The first kappa shape index (κ1) is 88.4. The number of rotatable bonds is 15. The lowest BCUT2D eigenvalue weighted by molar-refractivity contribution is 1.06. The van der Waals surface area contributed by atoms with Crippen molar-refractivity contribution in [3.63, 3.8) is 0 Å². The van der Waals surface area contributed by atoms with Gasteiger partial charge in [-0.2, -0.15) is 0 Å². The number of benzene rings is 21. The van der Waals surface area contributed by atoms with Crippen LogP contribution in [0.5, 0.6) is 0 Å². The van der Waals surface area contributed by atoms with Gasteiger partial charge in [-0.3, -0.25) is 0 Å². The van der Waals surface area contributed by atoms with Crippen LogP contribution in [0, 0.1) is 0 Å². The maximum atomic E-state index is 5.18. The Morgan fingerprint density at radius 1 is 0.127 bits per heavy atom. The van der Waals surface area contributed by atoms with Gasteiger partial charge in [0.2, 0.25) is 0 Å². The number of aromatic nitrogens is 12. The van der Waals surface area contributed by atoms with Crippen LogP contribution in [0.1, 0.15) is 0 Å². The molecule has 0 N–H and O–H groups in total. The second-order valence-electron chi connectivity index (χ2n) is 37.4. The Morgan fingerprint density at radius 3 is 0.773 bits per heavy atom. The third-order valence-corrected chi connectivity index (χ3v) is 31.8. The minimum atomic E-state index is 0.630. The summed E-state index contributed by atoms with van der Waals surface area (Å²) in [5.74, 6) is 5.76. The average Bonchev–Trinajstić information content (AvgIpc) is 1.57. The van der Waals surface area contributed by atoms with Crippen LogP contribution in [0.25, 0.3) is 279 Å². The Kier molecular flexibility index (Phi) is 22.2. The summed E-state index contributed by atoms with van der Waals surface area (Å²) in [7, 11) is 0. The third kappa shape index (κ3) is 16.2. The van der Waals surface area contributed by atoms with E-state index < -0.39 is 0 Å². The zero-order chi connectivity index (χ0) is 99.1. The van der Waals surface area contributed by atoms with E-state index in [9.17, 15) is 0 Å². The van der Waals surface area contributed by atoms with E-state index in [1.807, 2.05) is 131 Å². The predicted molar refractivity (Wildman–Crippen MR) is 626 cm³/mol. The van der Waals surface area contributed by atoms with Gasteiger partial charge in [-0.05, 0) is 161 Å². The maximum absolute atomic E-state index is 5.18. The van der Waals surface area contributed by atoms with Crippen LogP contribution in [0.3, 0.4) is 0 Å². The number of fused-ring (bicyclic) bond motifs is 18. The summed E-state index contributed by atoms with van der Waals surface area (Å²) >= 11 is 5.54. The zero-order valence-electron chi connectivity index (χ0n) is 80.6. The SMILES string of the molecule is c1ccc(-c2ccc(-c3nc(-c4ccccc4)nc(-c4cccc(-n5c6ccccc6c6cc7c(cc65)sc5ccccc57)c4)n3)cc2)cc1.c1ccc(-c2ccc(-c3nc(-c4ccccc4)nc(-c4ccccc4-n4c5ccccc5c5cc6c(cc54)sc4ccccc46)n3)cc2)cc1.c1ccc(-c2cccc(-c3nc(-c4ccccc4)nc(-c4ccc(-n5c6ccccc6c6cc7c(cc65)sc5ccccc57)cc4)n3)c2)cc1. The van der Waals surface area contributed by atoms with E-state index in [0.29, 0.717) is 52.4 Å². The van der Waals surface area contributed by atoms with Gasteiger partial charge in [0, 0.05) is 154 Å². The molecule has 0 radical (unpaired) electrons. The van der Waals surface area contributed by atoms with Gasteiger partial charge in [-0.15, -0.1) is 34.0 Å². The van der Waals surface area contributed by atoms with Gasteiger partial charge in [0.15, 0.2) is 52.4 Å². The van der Waals surface area contributed by atoms with Gasteiger partial charge < -0.3 is 13.7 Å². The summed E-state index contributed by atoms with van der Waals surface area (Å²) in [5.41, 5.74) is 25.6. The minimum absolute atomic E-state index is 0.630. The molecule has 0 saturated heterocycles. The van der Waals surface area contributed by atoms with Crippen molar-refractivity contribution in [2.45, 2.75) is 0 Å². The number of hydrogen-bond acceptors (Lipinski definition) is 12. The monoisotopic (exact) mass is 1970 g/mol. The quantitative estimate of drug-likeness (QED) is 0.0984. The van der Waals surface area contributed by atoms with Gasteiger partial charge in [0.1, 0.15) is 0 Å². The summed E-state index contributed by atoms with van der Waals surface area (Å²) < 4.78 is 14.9. The summed E-state index contributed by atoms with van der Waals surface area (Å²) in [4.78, 5) is 45.5. The van der Waals surface area contributed by atoms with Crippen LogP contribution in [0.2, 0.25) is 0 Å². The molecule has 9 heterocycles. The highest BCUT2D eigenvalue weighted by atomic mass is 32.1. The van der Waals surface area contributed by atoms with E-state index in [2.05, 4.69) is 426 Å².